The lowest BCUT2D eigenvalue weighted by Crippen LogP contribution is -2.44. The molecule has 1 saturated heterocycles. The fourth-order valence-corrected chi connectivity index (χ4v) is 5.14. The molecule has 0 radical (unpaired) electrons. The van der Waals surface area contributed by atoms with Crippen molar-refractivity contribution >= 4 is 34.8 Å². The number of imide groups is 1. The van der Waals surface area contributed by atoms with Crippen LogP contribution in [0.2, 0.25) is 0 Å². The molecule has 3 aromatic carbocycles. The summed E-state index contributed by atoms with van der Waals surface area (Å²) < 4.78 is 0. The molecule has 3 aliphatic heterocycles. The van der Waals surface area contributed by atoms with Gasteiger partial charge < -0.3 is 0 Å². The number of hydrazone groups is 1. The molecule has 1 fully saturated rings. The second-order valence-corrected chi connectivity index (χ2v) is 9.76. The first-order valence-electron chi connectivity index (χ1n) is 12.6. The van der Waals surface area contributed by atoms with Gasteiger partial charge in [0, 0.05) is 18.6 Å². The first kappa shape index (κ1) is 25.0. The van der Waals surface area contributed by atoms with Crippen LogP contribution in [-0.4, -0.2) is 57.0 Å². The number of carbonyl (C=O) groups excluding carboxylic acids is 3. The topological polar surface area (TPSA) is 141 Å². The molecule has 12 heteroatoms. The number of amides is 3. The van der Waals surface area contributed by atoms with Crippen LogP contribution in [0.3, 0.4) is 0 Å². The third-order valence-corrected chi connectivity index (χ3v) is 7.21. The maximum absolute atomic E-state index is 13.7. The number of non-ortho nitro benzene ring substituents is 1. The molecule has 0 bridgehead atoms. The quantitative estimate of drug-likeness (QED) is 0.267. The van der Waals surface area contributed by atoms with Gasteiger partial charge in [-0.2, -0.15) is 10.2 Å². The number of nitrogens with zero attached hydrogens (tertiary/aromatic N) is 7. The van der Waals surface area contributed by atoms with Crippen molar-refractivity contribution < 1.29 is 19.3 Å². The maximum Gasteiger partial charge on any atom is 0.269 e. The fourth-order valence-electron chi connectivity index (χ4n) is 5.14. The minimum atomic E-state index is -1.03. The number of benzene rings is 3. The van der Waals surface area contributed by atoms with Crippen LogP contribution >= 0.6 is 0 Å². The molecular weight excluding hydrogens is 514 g/mol. The van der Waals surface area contributed by atoms with Crippen molar-refractivity contribution in [1.82, 2.24) is 10.0 Å². The third kappa shape index (κ3) is 4.28. The highest BCUT2D eigenvalue weighted by atomic mass is 16.6. The van der Waals surface area contributed by atoms with E-state index in [4.69, 9.17) is 0 Å². The first-order valence-corrected chi connectivity index (χ1v) is 12.6. The lowest BCUT2D eigenvalue weighted by Gasteiger charge is -2.25. The number of fused-ring (bicyclic) bond motifs is 1. The van der Waals surface area contributed by atoms with Gasteiger partial charge in [-0.25, -0.2) is 9.91 Å². The SMILES string of the molecule is Cc1ccc(N2C(=O)[C@@H]3[C@@H](N=NN3CC(=O)N3N=C(c4ccccc4)C[C@@H]3c3ccc([N+](=O)[O-])cc3)C2=O)cc1. The van der Waals surface area contributed by atoms with Crippen LogP contribution in [0, 0.1) is 17.0 Å². The Hall–Kier alpha value is -5.26. The molecule has 0 aromatic heterocycles. The van der Waals surface area contributed by atoms with Crippen LogP contribution in [0.1, 0.15) is 29.2 Å². The monoisotopic (exact) mass is 537 g/mol. The van der Waals surface area contributed by atoms with E-state index in [1.54, 1.807) is 36.4 Å². The van der Waals surface area contributed by atoms with E-state index in [1.165, 1.54) is 22.2 Å². The number of nitro groups is 1. The summed E-state index contributed by atoms with van der Waals surface area (Å²) in [5, 5.41) is 26.3. The smallest absolute Gasteiger partial charge is 0.269 e. The lowest BCUT2D eigenvalue weighted by atomic mass is 9.98. The molecule has 6 rings (SSSR count). The van der Waals surface area contributed by atoms with Crippen molar-refractivity contribution in [3.8, 4) is 0 Å². The Balaban J connectivity index is 1.26. The number of anilines is 1. The van der Waals surface area contributed by atoms with E-state index < -0.39 is 40.8 Å². The van der Waals surface area contributed by atoms with Crippen molar-refractivity contribution in [1.29, 1.82) is 0 Å². The second-order valence-electron chi connectivity index (χ2n) is 9.76. The van der Waals surface area contributed by atoms with E-state index in [0.29, 0.717) is 23.4 Å². The summed E-state index contributed by atoms with van der Waals surface area (Å²) >= 11 is 0. The van der Waals surface area contributed by atoms with Crippen LogP contribution < -0.4 is 4.90 Å². The van der Waals surface area contributed by atoms with Gasteiger partial charge in [0.15, 0.2) is 12.1 Å². The van der Waals surface area contributed by atoms with E-state index in [9.17, 15) is 24.5 Å². The lowest BCUT2D eigenvalue weighted by molar-refractivity contribution is -0.384. The highest BCUT2D eigenvalue weighted by Gasteiger charge is 2.55. The van der Waals surface area contributed by atoms with Gasteiger partial charge in [-0.15, -0.1) is 0 Å². The van der Waals surface area contributed by atoms with E-state index >= 15 is 0 Å². The van der Waals surface area contributed by atoms with E-state index in [0.717, 1.165) is 16.0 Å². The summed E-state index contributed by atoms with van der Waals surface area (Å²) in [5.74, 6) is -1.45. The molecule has 3 heterocycles. The molecule has 0 N–H and O–H groups in total. The number of hydrogen-bond acceptors (Lipinski definition) is 9. The third-order valence-electron chi connectivity index (χ3n) is 7.21. The number of carbonyl (C=O) groups is 3. The Morgan fingerprint density at radius 2 is 1.68 bits per heavy atom. The standard InChI is InChI=1S/C28H23N7O5/c1-17-7-11-20(12-8-17)33-27(37)25-26(28(33)38)32(31-29-25)16-24(36)34-23(19-9-13-21(14-10-19)35(39)40)15-22(30-34)18-5-3-2-4-6-18/h2-14,23,25-26H,15-16H2,1H3/t23-,25-,26+/m1/s1. The Labute approximate surface area is 228 Å². The highest BCUT2D eigenvalue weighted by molar-refractivity contribution is 6.25. The van der Waals surface area contributed by atoms with Gasteiger partial charge in [0.05, 0.1) is 22.4 Å². The highest BCUT2D eigenvalue weighted by Crippen LogP contribution is 2.35. The summed E-state index contributed by atoms with van der Waals surface area (Å²) in [6.45, 7) is 1.57. The van der Waals surface area contributed by atoms with E-state index in [2.05, 4.69) is 15.4 Å². The molecule has 40 heavy (non-hydrogen) atoms. The van der Waals surface area contributed by atoms with Crippen LogP contribution in [0.25, 0.3) is 0 Å². The number of aryl methyl sites for hydroxylation is 1. The Morgan fingerprint density at radius 1 is 0.975 bits per heavy atom. The summed E-state index contributed by atoms with van der Waals surface area (Å²) in [6, 6.07) is 19.8. The van der Waals surface area contributed by atoms with Crippen molar-refractivity contribution in [3.05, 3.63) is 106 Å². The van der Waals surface area contributed by atoms with Crippen molar-refractivity contribution in [2.24, 2.45) is 15.4 Å². The van der Waals surface area contributed by atoms with Gasteiger partial charge in [-0.05, 0) is 30.2 Å². The molecule has 3 aliphatic rings. The Morgan fingerprint density at radius 3 is 2.35 bits per heavy atom. The summed E-state index contributed by atoms with van der Waals surface area (Å²) in [5.41, 5.74) is 3.55. The number of hydrogen-bond donors (Lipinski definition) is 0. The van der Waals surface area contributed by atoms with Crippen LogP contribution in [0.4, 0.5) is 11.4 Å². The molecule has 0 saturated carbocycles. The Bertz CT molecular complexity index is 1570. The average Bonchev–Trinajstić information content (AvgIpc) is 3.65. The maximum atomic E-state index is 13.7. The van der Waals surface area contributed by atoms with Gasteiger partial charge in [-0.1, -0.05) is 65.4 Å². The minimum absolute atomic E-state index is 0.0603. The first-order chi connectivity index (χ1) is 19.3. The number of rotatable bonds is 6. The van der Waals surface area contributed by atoms with Gasteiger partial charge in [0.25, 0.3) is 23.4 Å². The fraction of sp³-hybridized carbons (Fsp3) is 0.214. The molecule has 3 atom stereocenters. The molecule has 0 aliphatic carbocycles. The normalized spacial score (nSPS) is 21.7. The van der Waals surface area contributed by atoms with Crippen molar-refractivity contribution in [2.75, 3.05) is 11.4 Å². The molecule has 12 nitrogen and oxygen atoms in total. The predicted octanol–water partition coefficient (Wildman–Crippen LogP) is 3.57. The van der Waals surface area contributed by atoms with Gasteiger partial charge in [0.1, 0.15) is 6.54 Å². The largest absolute Gasteiger partial charge is 0.271 e. The molecule has 0 spiro atoms. The zero-order valence-electron chi connectivity index (χ0n) is 21.3. The van der Waals surface area contributed by atoms with Crippen molar-refractivity contribution in [2.45, 2.75) is 31.5 Å². The van der Waals surface area contributed by atoms with Gasteiger partial charge in [0.2, 0.25) is 0 Å². The molecule has 3 amide bonds. The predicted molar refractivity (Wildman–Crippen MR) is 143 cm³/mol. The summed E-state index contributed by atoms with van der Waals surface area (Å²) in [4.78, 5) is 51.8. The van der Waals surface area contributed by atoms with E-state index in [1.807, 2.05) is 37.3 Å². The molecule has 3 aromatic rings. The van der Waals surface area contributed by atoms with Crippen LogP contribution in [0.5, 0.6) is 0 Å². The molecule has 0 unspecified atom stereocenters. The average molecular weight is 538 g/mol. The second kappa shape index (κ2) is 9.80. The number of nitro benzene ring substituents is 1. The minimum Gasteiger partial charge on any atom is -0.271 e. The van der Waals surface area contributed by atoms with Gasteiger partial charge >= 0.3 is 0 Å². The molecule has 200 valence electrons. The van der Waals surface area contributed by atoms with Crippen LogP contribution in [-0.2, 0) is 14.4 Å². The summed E-state index contributed by atoms with van der Waals surface area (Å²) in [7, 11) is 0. The summed E-state index contributed by atoms with van der Waals surface area (Å²) in [6.07, 6.45) is 0.389. The van der Waals surface area contributed by atoms with Crippen molar-refractivity contribution in [3.63, 3.8) is 0 Å². The Kier molecular flexibility index (Phi) is 6.14. The zero-order valence-corrected chi connectivity index (χ0v) is 21.3. The van der Waals surface area contributed by atoms with Gasteiger partial charge in [-0.3, -0.25) is 29.5 Å². The van der Waals surface area contributed by atoms with E-state index in [-0.39, 0.29) is 12.2 Å². The zero-order chi connectivity index (χ0) is 28.0. The molecular formula is C28H23N7O5. The van der Waals surface area contributed by atoms with Crippen LogP contribution in [0.15, 0.2) is 94.3 Å².